The molecule has 1 atom stereocenters. The fourth-order valence-electron chi connectivity index (χ4n) is 0.638. The van der Waals surface area contributed by atoms with Gasteiger partial charge in [0.15, 0.2) is 0 Å². The van der Waals surface area contributed by atoms with E-state index in [4.69, 9.17) is 27.4 Å². The van der Waals surface area contributed by atoms with Gasteiger partial charge in [0.2, 0.25) is 6.29 Å². The van der Waals surface area contributed by atoms with Crippen molar-refractivity contribution in [1.82, 2.24) is 0 Å². The Morgan fingerprint density at radius 2 is 2.14 bits per heavy atom. The molecular formula is C10H12O4. The summed E-state index contributed by atoms with van der Waals surface area (Å²) in [5, 5.41) is 8.87. The van der Waals surface area contributed by atoms with Gasteiger partial charge in [-0.15, -0.1) is 12.8 Å². The van der Waals surface area contributed by atoms with Crippen LogP contribution in [0.1, 0.15) is 13.8 Å². The lowest BCUT2D eigenvalue weighted by Crippen LogP contribution is -2.34. The predicted octanol–water partition coefficient (Wildman–Crippen LogP) is -0.0904. The Kier molecular flexibility index (Phi) is 4.72. The summed E-state index contributed by atoms with van der Waals surface area (Å²) in [6, 6.07) is 0. The van der Waals surface area contributed by atoms with Crippen LogP contribution in [0.4, 0.5) is 0 Å². The minimum Gasteiger partial charge on any atom is -0.448 e. The lowest BCUT2D eigenvalue weighted by molar-refractivity contribution is -0.163. The number of rotatable bonds is 4. The highest BCUT2D eigenvalue weighted by Crippen LogP contribution is 2.10. The molecule has 0 saturated heterocycles. The van der Waals surface area contributed by atoms with E-state index in [0.717, 1.165) is 0 Å². The second-order valence-corrected chi connectivity index (χ2v) is 3.12. The van der Waals surface area contributed by atoms with Crippen LogP contribution in [0.25, 0.3) is 0 Å². The lowest BCUT2D eigenvalue weighted by atomic mass is 10.1. The number of aliphatic hydroxyl groups is 1. The summed E-state index contributed by atoms with van der Waals surface area (Å²) in [4.78, 5) is 10.7. The SMILES string of the molecule is C#CC(=O)OC(C)(C)COC(O)C#C. The minimum atomic E-state index is -1.31. The van der Waals surface area contributed by atoms with Gasteiger partial charge >= 0.3 is 5.97 Å². The highest BCUT2D eigenvalue weighted by molar-refractivity contribution is 5.87. The van der Waals surface area contributed by atoms with E-state index in [1.54, 1.807) is 19.8 Å². The third-order valence-electron chi connectivity index (χ3n) is 1.22. The molecule has 0 rings (SSSR count). The third kappa shape index (κ3) is 5.21. The average Bonchev–Trinajstić information content (AvgIpc) is 2.13. The number of ether oxygens (including phenoxy) is 2. The molecule has 0 aliphatic heterocycles. The van der Waals surface area contributed by atoms with Crippen molar-refractivity contribution in [3.8, 4) is 24.7 Å². The Balaban J connectivity index is 4.04. The van der Waals surface area contributed by atoms with Gasteiger partial charge in [-0.3, -0.25) is 0 Å². The highest BCUT2D eigenvalue weighted by Gasteiger charge is 2.23. The maximum atomic E-state index is 10.7. The molecule has 4 heteroatoms. The fraction of sp³-hybridized carbons (Fsp3) is 0.500. The lowest BCUT2D eigenvalue weighted by Gasteiger charge is -2.23. The topological polar surface area (TPSA) is 55.8 Å². The summed E-state index contributed by atoms with van der Waals surface area (Å²) < 4.78 is 9.58. The van der Waals surface area contributed by atoms with Crippen molar-refractivity contribution in [2.75, 3.05) is 6.61 Å². The monoisotopic (exact) mass is 196 g/mol. The maximum Gasteiger partial charge on any atom is 0.384 e. The molecule has 0 aliphatic carbocycles. The van der Waals surface area contributed by atoms with Gasteiger partial charge in [-0.05, 0) is 19.8 Å². The van der Waals surface area contributed by atoms with Crippen LogP contribution in [-0.4, -0.2) is 29.6 Å². The number of carbonyl (C=O) groups excluding carboxylic acids is 1. The number of aliphatic hydroxyl groups excluding tert-OH is 1. The van der Waals surface area contributed by atoms with Crippen molar-refractivity contribution in [3.63, 3.8) is 0 Å². The van der Waals surface area contributed by atoms with E-state index < -0.39 is 17.9 Å². The molecular weight excluding hydrogens is 184 g/mol. The number of terminal acetylenes is 2. The largest absolute Gasteiger partial charge is 0.448 e. The summed E-state index contributed by atoms with van der Waals surface area (Å²) in [5.74, 6) is 2.98. The fourth-order valence-corrected chi connectivity index (χ4v) is 0.638. The Morgan fingerprint density at radius 3 is 2.57 bits per heavy atom. The second kappa shape index (κ2) is 5.29. The van der Waals surface area contributed by atoms with Gasteiger partial charge in [0.1, 0.15) is 5.60 Å². The van der Waals surface area contributed by atoms with Crippen LogP contribution in [-0.2, 0) is 14.3 Å². The van der Waals surface area contributed by atoms with Crippen molar-refractivity contribution in [2.45, 2.75) is 25.7 Å². The van der Waals surface area contributed by atoms with Crippen LogP contribution in [0.5, 0.6) is 0 Å². The molecule has 0 fully saturated rings. The van der Waals surface area contributed by atoms with Gasteiger partial charge in [0.25, 0.3) is 0 Å². The quantitative estimate of drug-likeness (QED) is 0.295. The van der Waals surface area contributed by atoms with Crippen LogP contribution >= 0.6 is 0 Å². The zero-order valence-electron chi connectivity index (χ0n) is 8.11. The van der Waals surface area contributed by atoms with Crippen LogP contribution < -0.4 is 0 Å². The zero-order chi connectivity index (χ0) is 11.2. The van der Waals surface area contributed by atoms with Crippen molar-refractivity contribution >= 4 is 5.97 Å². The van der Waals surface area contributed by atoms with Crippen molar-refractivity contribution in [2.24, 2.45) is 0 Å². The van der Waals surface area contributed by atoms with Crippen LogP contribution in [0.15, 0.2) is 0 Å². The molecule has 0 bridgehead atoms. The summed E-state index contributed by atoms with van der Waals surface area (Å²) in [6.45, 7) is 3.14. The Bertz CT molecular complexity index is 279. The van der Waals surface area contributed by atoms with Crippen molar-refractivity contribution in [3.05, 3.63) is 0 Å². The first kappa shape index (κ1) is 12.5. The van der Waals surface area contributed by atoms with Gasteiger partial charge < -0.3 is 14.6 Å². The zero-order valence-corrected chi connectivity index (χ0v) is 8.11. The molecule has 1 N–H and O–H groups in total. The smallest absolute Gasteiger partial charge is 0.384 e. The number of hydrogen-bond donors (Lipinski definition) is 1. The molecule has 0 aliphatic rings. The van der Waals surface area contributed by atoms with E-state index in [0.29, 0.717) is 0 Å². The van der Waals surface area contributed by atoms with Gasteiger partial charge in [0, 0.05) is 5.92 Å². The van der Waals surface area contributed by atoms with Gasteiger partial charge in [0.05, 0.1) is 6.61 Å². The Hall–Kier alpha value is -1.49. The molecule has 0 radical (unpaired) electrons. The van der Waals surface area contributed by atoms with Gasteiger partial charge in [-0.1, -0.05) is 0 Å². The standard InChI is InChI=1S/C10H12O4/c1-5-8(11)13-7-10(3,4)14-9(12)6-2/h1-2,8,11H,7H2,3-4H3. The van der Waals surface area contributed by atoms with Crippen LogP contribution in [0, 0.1) is 24.7 Å². The Labute approximate surface area is 83.2 Å². The molecule has 0 aromatic carbocycles. The van der Waals surface area contributed by atoms with E-state index >= 15 is 0 Å². The first-order valence-electron chi connectivity index (χ1n) is 3.86. The number of hydrogen-bond acceptors (Lipinski definition) is 4. The molecule has 0 saturated carbocycles. The number of carbonyl (C=O) groups is 1. The molecule has 0 heterocycles. The van der Waals surface area contributed by atoms with E-state index in [2.05, 4.69) is 0 Å². The van der Waals surface area contributed by atoms with Gasteiger partial charge in [-0.2, -0.15) is 0 Å². The molecule has 14 heavy (non-hydrogen) atoms. The van der Waals surface area contributed by atoms with E-state index in [9.17, 15) is 4.79 Å². The molecule has 0 aromatic rings. The predicted molar refractivity (Wildman–Crippen MR) is 49.8 cm³/mol. The molecule has 1 unspecified atom stereocenters. The molecule has 0 aromatic heterocycles. The summed E-state index contributed by atoms with van der Waals surface area (Å²) in [5.41, 5.74) is -0.915. The van der Waals surface area contributed by atoms with E-state index in [1.807, 2.05) is 5.92 Å². The summed E-state index contributed by atoms with van der Waals surface area (Å²) in [6.07, 6.45) is 8.37. The van der Waals surface area contributed by atoms with E-state index in [-0.39, 0.29) is 6.61 Å². The average molecular weight is 196 g/mol. The second-order valence-electron chi connectivity index (χ2n) is 3.12. The Morgan fingerprint density at radius 1 is 1.57 bits per heavy atom. The number of esters is 1. The van der Waals surface area contributed by atoms with E-state index in [1.165, 1.54) is 0 Å². The first-order valence-corrected chi connectivity index (χ1v) is 3.86. The van der Waals surface area contributed by atoms with Crippen molar-refractivity contribution < 1.29 is 19.4 Å². The van der Waals surface area contributed by atoms with Crippen molar-refractivity contribution in [1.29, 1.82) is 0 Å². The van der Waals surface area contributed by atoms with Gasteiger partial charge in [-0.25, -0.2) is 4.79 Å². The maximum absolute atomic E-state index is 10.7. The molecule has 4 nitrogen and oxygen atoms in total. The molecule has 0 amide bonds. The third-order valence-corrected chi connectivity index (χ3v) is 1.22. The van der Waals surface area contributed by atoms with Crippen LogP contribution in [0.3, 0.4) is 0 Å². The highest BCUT2D eigenvalue weighted by atomic mass is 16.6. The first-order chi connectivity index (χ1) is 6.41. The molecule has 76 valence electrons. The molecule has 0 spiro atoms. The van der Waals surface area contributed by atoms with Crippen LogP contribution in [0.2, 0.25) is 0 Å². The summed E-state index contributed by atoms with van der Waals surface area (Å²) in [7, 11) is 0. The normalized spacial score (nSPS) is 12.4. The summed E-state index contributed by atoms with van der Waals surface area (Å²) >= 11 is 0. The minimum absolute atomic E-state index is 0.0359.